The average molecular weight is 211 g/mol. The largest absolute Gasteiger partial charge is 0.359 e. The molecule has 2 atom stereocenters. The van der Waals surface area contributed by atoms with Gasteiger partial charge < -0.3 is 5.32 Å². The van der Waals surface area contributed by atoms with Crippen LogP contribution in [0.2, 0.25) is 0 Å². The molecule has 0 aromatic rings. The molecule has 2 unspecified atom stereocenters. The second-order valence-electron chi connectivity index (χ2n) is 6.73. The second-order valence-corrected chi connectivity index (χ2v) is 6.73. The fourth-order valence-electron chi connectivity index (χ4n) is 3.14. The summed E-state index contributed by atoms with van der Waals surface area (Å²) in [7, 11) is 1.74. The molecule has 1 amide bonds. The Balaban J connectivity index is 2.98. The van der Waals surface area contributed by atoms with Crippen molar-refractivity contribution in [3.8, 4) is 0 Å². The monoisotopic (exact) mass is 211 g/mol. The fourth-order valence-corrected chi connectivity index (χ4v) is 3.14. The summed E-state index contributed by atoms with van der Waals surface area (Å²) in [4.78, 5) is 12.1. The SMILES string of the molecule is CNC(=O)C1(CC(C)(C)C)C(C)C1(C)C. The summed E-state index contributed by atoms with van der Waals surface area (Å²) in [5.74, 6) is 0.694. The number of hydrogen-bond acceptors (Lipinski definition) is 1. The molecule has 0 spiro atoms. The van der Waals surface area contributed by atoms with Gasteiger partial charge in [0.2, 0.25) is 5.91 Å². The van der Waals surface area contributed by atoms with E-state index in [2.05, 4.69) is 46.9 Å². The van der Waals surface area contributed by atoms with E-state index in [1.54, 1.807) is 7.05 Å². The average Bonchev–Trinajstić information content (AvgIpc) is 2.47. The molecule has 1 fully saturated rings. The zero-order valence-corrected chi connectivity index (χ0v) is 11.2. The number of nitrogens with one attached hydrogen (secondary N) is 1. The Hall–Kier alpha value is -0.530. The minimum atomic E-state index is -0.153. The van der Waals surface area contributed by atoms with Crippen LogP contribution in [0.4, 0.5) is 0 Å². The number of carbonyl (C=O) groups is 1. The maximum absolute atomic E-state index is 12.1. The van der Waals surface area contributed by atoms with Crippen molar-refractivity contribution in [1.29, 1.82) is 0 Å². The summed E-state index contributed by atoms with van der Waals surface area (Å²) in [5.41, 5.74) is 0.189. The molecule has 1 saturated carbocycles. The molecule has 88 valence electrons. The van der Waals surface area contributed by atoms with E-state index in [0.717, 1.165) is 6.42 Å². The van der Waals surface area contributed by atoms with Crippen molar-refractivity contribution in [1.82, 2.24) is 5.32 Å². The zero-order chi connectivity index (χ0) is 12.1. The van der Waals surface area contributed by atoms with Crippen molar-refractivity contribution < 1.29 is 4.79 Å². The fraction of sp³-hybridized carbons (Fsp3) is 0.923. The van der Waals surface area contributed by atoms with Crippen molar-refractivity contribution in [3.63, 3.8) is 0 Å². The minimum absolute atomic E-state index is 0.139. The van der Waals surface area contributed by atoms with E-state index in [1.165, 1.54) is 0 Å². The molecule has 1 rings (SSSR count). The summed E-state index contributed by atoms with van der Waals surface area (Å²) < 4.78 is 0. The molecule has 15 heavy (non-hydrogen) atoms. The van der Waals surface area contributed by atoms with E-state index in [-0.39, 0.29) is 22.2 Å². The van der Waals surface area contributed by atoms with Crippen LogP contribution in [0.25, 0.3) is 0 Å². The van der Waals surface area contributed by atoms with E-state index in [1.807, 2.05) is 0 Å². The van der Waals surface area contributed by atoms with Crippen molar-refractivity contribution in [3.05, 3.63) is 0 Å². The summed E-state index contributed by atoms with van der Waals surface area (Å²) in [6.07, 6.45) is 0.966. The first-order chi connectivity index (χ1) is 6.59. The highest BCUT2D eigenvalue weighted by Crippen LogP contribution is 2.72. The van der Waals surface area contributed by atoms with Crippen LogP contribution < -0.4 is 5.32 Å². The predicted octanol–water partition coefficient (Wildman–Crippen LogP) is 2.83. The quantitative estimate of drug-likeness (QED) is 0.747. The van der Waals surface area contributed by atoms with E-state index < -0.39 is 0 Å². The second kappa shape index (κ2) is 3.23. The van der Waals surface area contributed by atoms with Crippen molar-refractivity contribution in [2.75, 3.05) is 7.05 Å². The van der Waals surface area contributed by atoms with Gasteiger partial charge in [-0.1, -0.05) is 41.5 Å². The molecular weight excluding hydrogens is 186 g/mol. The molecule has 0 bridgehead atoms. The Kier molecular flexibility index (Phi) is 2.70. The molecule has 0 heterocycles. The molecule has 2 nitrogen and oxygen atoms in total. The molecule has 2 heteroatoms. The third kappa shape index (κ3) is 1.68. The van der Waals surface area contributed by atoms with Gasteiger partial charge in [0.25, 0.3) is 0 Å². The molecule has 0 aromatic heterocycles. The van der Waals surface area contributed by atoms with E-state index in [0.29, 0.717) is 5.92 Å². The van der Waals surface area contributed by atoms with Crippen LogP contribution in [0, 0.1) is 22.2 Å². The first-order valence-electron chi connectivity index (χ1n) is 5.82. The molecular formula is C13H25NO. The van der Waals surface area contributed by atoms with Gasteiger partial charge in [0.05, 0.1) is 5.41 Å². The van der Waals surface area contributed by atoms with Crippen LogP contribution >= 0.6 is 0 Å². The molecule has 0 aliphatic heterocycles. The highest BCUT2D eigenvalue weighted by Gasteiger charge is 2.72. The zero-order valence-electron chi connectivity index (χ0n) is 11.2. The summed E-state index contributed by atoms with van der Waals surface area (Å²) in [5, 5.41) is 2.84. The van der Waals surface area contributed by atoms with Gasteiger partial charge in [-0.3, -0.25) is 4.79 Å². The summed E-state index contributed by atoms with van der Waals surface area (Å²) in [6.45, 7) is 13.2. The minimum Gasteiger partial charge on any atom is -0.359 e. The lowest BCUT2D eigenvalue weighted by molar-refractivity contribution is -0.128. The topological polar surface area (TPSA) is 29.1 Å². The highest BCUT2D eigenvalue weighted by atomic mass is 16.2. The lowest BCUT2D eigenvalue weighted by Gasteiger charge is -2.27. The van der Waals surface area contributed by atoms with Gasteiger partial charge >= 0.3 is 0 Å². The maximum atomic E-state index is 12.1. The number of rotatable bonds is 2. The number of carbonyl (C=O) groups excluding carboxylic acids is 1. The van der Waals surface area contributed by atoms with Crippen molar-refractivity contribution in [2.45, 2.75) is 48.0 Å². The van der Waals surface area contributed by atoms with Crippen LogP contribution in [0.3, 0.4) is 0 Å². The van der Waals surface area contributed by atoms with Gasteiger partial charge in [0, 0.05) is 7.05 Å². The molecule has 1 aliphatic rings. The predicted molar refractivity (Wildman–Crippen MR) is 63.5 cm³/mol. The van der Waals surface area contributed by atoms with Gasteiger partial charge in [-0.05, 0) is 23.2 Å². The van der Waals surface area contributed by atoms with Gasteiger partial charge in [-0.15, -0.1) is 0 Å². The Morgan fingerprint density at radius 3 is 1.93 bits per heavy atom. The van der Waals surface area contributed by atoms with Crippen LogP contribution in [-0.4, -0.2) is 13.0 Å². The van der Waals surface area contributed by atoms with Gasteiger partial charge in [-0.25, -0.2) is 0 Å². The molecule has 0 saturated heterocycles. The lowest BCUT2D eigenvalue weighted by atomic mass is 9.78. The first kappa shape index (κ1) is 12.5. The summed E-state index contributed by atoms with van der Waals surface area (Å²) >= 11 is 0. The van der Waals surface area contributed by atoms with Crippen molar-refractivity contribution in [2.24, 2.45) is 22.2 Å². The number of amides is 1. The van der Waals surface area contributed by atoms with Crippen LogP contribution in [0.1, 0.15) is 48.0 Å². The van der Waals surface area contributed by atoms with Crippen molar-refractivity contribution >= 4 is 5.91 Å². The maximum Gasteiger partial charge on any atom is 0.226 e. The van der Waals surface area contributed by atoms with Gasteiger partial charge in [0.1, 0.15) is 0 Å². The van der Waals surface area contributed by atoms with Crippen LogP contribution in [0.5, 0.6) is 0 Å². The Labute approximate surface area is 93.8 Å². The molecule has 0 radical (unpaired) electrons. The Morgan fingerprint density at radius 2 is 1.73 bits per heavy atom. The van der Waals surface area contributed by atoms with Crippen LogP contribution in [-0.2, 0) is 4.79 Å². The Bertz CT molecular complexity index is 275. The third-order valence-electron chi connectivity index (χ3n) is 4.33. The smallest absolute Gasteiger partial charge is 0.226 e. The van der Waals surface area contributed by atoms with E-state index in [4.69, 9.17) is 0 Å². The summed E-state index contributed by atoms with van der Waals surface area (Å²) in [6, 6.07) is 0. The third-order valence-corrected chi connectivity index (χ3v) is 4.33. The lowest BCUT2D eigenvalue weighted by Crippen LogP contribution is -2.35. The molecule has 1 aliphatic carbocycles. The number of hydrogen-bond donors (Lipinski definition) is 1. The molecule has 1 N–H and O–H groups in total. The first-order valence-corrected chi connectivity index (χ1v) is 5.82. The van der Waals surface area contributed by atoms with Crippen LogP contribution in [0.15, 0.2) is 0 Å². The van der Waals surface area contributed by atoms with E-state index in [9.17, 15) is 4.79 Å². The molecule has 0 aromatic carbocycles. The highest BCUT2D eigenvalue weighted by molar-refractivity contribution is 5.87. The normalized spacial score (nSPS) is 33.7. The standard InChI is InChI=1S/C13H25NO/c1-9-12(5,6)13(9,10(15)14-7)8-11(2,3)4/h9H,8H2,1-7H3,(H,14,15). The van der Waals surface area contributed by atoms with E-state index >= 15 is 0 Å². The van der Waals surface area contributed by atoms with Gasteiger partial charge in [0.15, 0.2) is 0 Å². The Morgan fingerprint density at radius 1 is 1.33 bits per heavy atom. The van der Waals surface area contributed by atoms with Gasteiger partial charge in [-0.2, -0.15) is 0 Å².